The Balaban J connectivity index is 1.85. The number of ether oxygens (including phenoxy) is 1. The summed E-state index contributed by atoms with van der Waals surface area (Å²) in [6.07, 6.45) is 1.67. The number of hydrogen-bond acceptors (Lipinski definition) is 3. The molecule has 0 aliphatic heterocycles. The first-order chi connectivity index (χ1) is 10.3. The number of hydrogen-bond donors (Lipinski definition) is 1. The highest BCUT2D eigenvalue weighted by Gasteiger charge is 2.08. The van der Waals surface area contributed by atoms with Crippen molar-refractivity contribution in [2.75, 3.05) is 12.4 Å². The van der Waals surface area contributed by atoms with Crippen LogP contribution >= 0.6 is 0 Å². The van der Waals surface area contributed by atoms with E-state index in [2.05, 4.69) is 10.3 Å². The summed E-state index contributed by atoms with van der Waals surface area (Å²) >= 11 is 0. The van der Waals surface area contributed by atoms with E-state index in [-0.39, 0.29) is 5.82 Å². The maximum atomic E-state index is 14.0. The molecule has 0 fully saturated rings. The second-order valence-electron chi connectivity index (χ2n) is 4.70. The van der Waals surface area contributed by atoms with Gasteiger partial charge in [-0.25, -0.2) is 4.39 Å². The standard InChI is InChI=1S/C17H15FN2O/c1-21-14-7-4-12(5-8-14)11-20-17-15(18)9-6-13-3-2-10-19-16(13)17/h2-10,20H,11H2,1H3. The molecule has 0 amide bonds. The lowest BCUT2D eigenvalue weighted by atomic mass is 10.1. The Kier molecular flexibility index (Phi) is 3.69. The number of halogens is 1. The highest BCUT2D eigenvalue weighted by molar-refractivity contribution is 5.90. The van der Waals surface area contributed by atoms with E-state index in [4.69, 9.17) is 4.74 Å². The van der Waals surface area contributed by atoms with Crippen molar-refractivity contribution in [1.82, 2.24) is 4.98 Å². The van der Waals surface area contributed by atoms with E-state index in [9.17, 15) is 4.39 Å². The zero-order valence-electron chi connectivity index (χ0n) is 11.6. The molecule has 1 aromatic heterocycles. The summed E-state index contributed by atoms with van der Waals surface area (Å²) < 4.78 is 19.1. The predicted molar refractivity (Wildman–Crippen MR) is 82.0 cm³/mol. The van der Waals surface area contributed by atoms with Gasteiger partial charge in [0.25, 0.3) is 0 Å². The molecule has 0 saturated carbocycles. The van der Waals surface area contributed by atoms with E-state index in [0.29, 0.717) is 17.7 Å². The third-order valence-electron chi connectivity index (χ3n) is 3.35. The largest absolute Gasteiger partial charge is 0.497 e. The van der Waals surface area contributed by atoms with Gasteiger partial charge >= 0.3 is 0 Å². The summed E-state index contributed by atoms with van der Waals surface area (Å²) in [5.74, 6) is 0.506. The summed E-state index contributed by atoms with van der Waals surface area (Å²) in [7, 11) is 1.63. The molecule has 0 atom stereocenters. The van der Waals surface area contributed by atoms with Gasteiger partial charge in [0.15, 0.2) is 0 Å². The first-order valence-electron chi connectivity index (χ1n) is 6.68. The van der Waals surface area contributed by atoms with Crippen LogP contribution in [0.4, 0.5) is 10.1 Å². The van der Waals surface area contributed by atoms with Gasteiger partial charge in [-0.2, -0.15) is 0 Å². The average Bonchev–Trinajstić information content (AvgIpc) is 2.54. The summed E-state index contributed by atoms with van der Waals surface area (Å²) in [5.41, 5.74) is 2.12. The summed E-state index contributed by atoms with van der Waals surface area (Å²) in [6.45, 7) is 0.524. The first-order valence-corrected chi connectivity index (χ1v) is 6.68. The molecular formula is C17H15FN2O. The van der Waals surface area contributed by atoms with Gasteiger partial charge in [0.1, 0.15) is 11.6 Å². The SMILES string of the molecule is COc1ccc(CNc2c(F)ccc3cccnc23)cc1. The zero-order valence-corrected chi connectivity index (χ0v) is 11.6. The van der Waals surface area contributed by atoms with Crippen LogP contribution in [0.1, 0.15) is 5.56 Å². The Hall–Kier alpha value is -2.62. The Morgan fingerprint density at radius 1 is 1.10 bits per heavy atom. The van der Waals surface area contributed by atoms with Crippen LogP contribution in [0.2, 0.25) is 0 Å². The Morgan fingerprint density at radius 2 is 1.90 bits per heavy atom. The van der Waals surface area contributed by atoms with E-state index in [0.717, 1.165) is 16.7 Å². The van der Waals surface area contributed by atoms with Gasteiger partial charge in [0, 0.05) is 18.1 Å². The average molecular weight is 282 g/mol. The molecule has 106 valence electrons. The smallest absolute Gasteiger partial charge is 0.148 e. The number of rotatable bonds is 4. The second-order valence-corrected chi connectivity index (χ2v) is 4.70. The minimum atomic E-state index is -0.297. The third-order valence-corrected chi connectivity index (χ3v) is 3.35. The highest BCUT2D eigenvalue weighted by Crippen LogP contribution is 2.25. The number of anilines is 1. The second kappa shape index (κ2) is 5.79. The molecule has 4 heteroatoms. The van der Waals surface area contributed by atoms with Gasteiger partial charge in [-0.05, 0) is 35.9 Å². The molecule has 0 saturated heterocycles. The minimum absolute atomic E-state index is 0.297. The number of fused-ring (bicyclic) bond motifs is 1. The molecule has 0 radical (unpaired) electrons. The van der Waals surface area contributed by atoms with Crippen LogP contribution in [0.25, 0.3) is 10.9 Å². The Morgan fingerprint density at radius 3 is 2.67 bits per heavy atom. The molecule has 1 N–H and O–H groups in total. The number of aromatic nitrogens is 1. The van der Waals surface area contributed by atoms with Crippen LogP contribution in [0, 0.1) is 5.82 Å². The molecule has 0 unspecified atom stereocenters. The van der Waals surface area contributed by atoms with Gasteiger partial charge < -0.3 is 10.1 Å². The Labute approximate surface area is 122 Å². The maximum Gasteiger partial charge on any atom is 0.148 e. The monoisotopic (exact) mass is 282 g/mol. The molecule has 2 aromatic carbocycles. The van der Waals surface area contributed by atoms with Crippen molar-refractivity contribution in [1.29, 1.82) is 0 Å². The number of methoxy groups -OCH3 is 1. The van der Waals surface area contributed by atoms with Crippen molar-refractivity contribution >= 4 is 16.6 Å². The molecule has 0 aliphatic carbocycles. The van der Waals surface area contributed by atoms with Crippen molar-refractivity contribution in [3.63, 3.8) is 0 Å². The van der Waals surface area contributed by atoms with Crippen molar-refractivity contribution in [2.24, 2.45) is 0 Å². The fourth-order valence-corrected chi connectivity index (χ4v) is 2.22. The Bertz CT molecular complexity index is 756. The maximum absolute atomic E-state index is 14.0. The predicted octanol–water partition coefficient (Wildman–Crippen LogP) is 3.99. The van der Waals surface area contributed by atoms with Crippen LogP contribution < -0.4 is 10.1 Å². The van der Waals surface area contributed by atoms with Crippen LogP contribution in [-0.2, 0) is 6.54 Å². The van der Waals surface area contributed by atoms with Gasteiger partial charge in [0.2, 0.25) is 0 Å². The molecule has 3 aromatic rings. The van der Waals surface area contributed by atoms with E-state index < -0.39 is 0 Å². The fraction of sp³-hybridized carbons (Fsp3) is 0.118. The lowest BCUT2D eigenvalue weighted by molar-refractivity contribution is 0.414. The van der Waals surface area contributed by atoms with E-state index >= 15 is 0 Å². The molecule has 0 aliphatic rings. The van der Waals surface area contributed by atoms with Crippen LogP contribution in [0.5, 0.6) is 5.75 Å². The summed E-state index contributed by atoms with van der Waals surface area (Å²) in [5, 5.41) is 4.04. The molecule has 1 heterocycles. The first kappa shape index (κ1) is 13.4. The third kappa shape index (κ3) is 2.79. The number of benzene rings is 2. The molecule has 3 rings (SSSR count). The molecule has 0 bridgehead atoms. The van der Waals surface area contributed by atoms with Crippen molar-refractivity contribution in [2.45, 2.75) is 6.54 Å². The fourth-order valence-electron chi connectivity index (χ4n) is 2.22. The molecule has 0 spiro atoms. The van der Waals surface area contributed by atoms with Crippen LogP contribution in [-0.4, -0.2) is 12.1 Å². The number of nitrogens with one attached hydrogen (secondary N) is 1. The van der Waals surface area contributed by atoms with E-state index in [1.807, 2.05) is 36.4 Å². The van der Waals surface area contributed by atoms with Gasteiger partial charge in [-0.15, -0.1) is 0 Å². The molecular weight excluding hydrogens is 267 g/mol. The van der Waals surface area contributed by atoms with Crippen molar-refractivity contribution < 1.29 is 9.13 Å². The highest BCUT2D eigenvalue weighted by atomic mass is 19.1. The normalized spacial score (nSPS) is 10.6. The van der Waals surface area contributed by atoms with Crippen LogP contribution in [0.15, 0.2) is 54.7 Å². The van der Waals surface area contributed by atoms with E-state index in [1.165, 1.54) is 6.07 Å². The topological polar surface area (TPSA) is 34.1 Å². The van der Waals surface area contributed by atoms with Gasteiger partial charge in [-0.3, -0.25) is 4.98 Å². The van der Waals surface area contributed by atoms with Crippen molar-refractivity contribution in [3.8, 4) is 5.75 Å². The van der Waals surface area contributed by atoms with Gasteiger partial charge in [-0.1, -0.05) is 18.2 Å². The lowest BCUT2D eigenvalue weighted by Crippen LogP contribution is -2.03. The number of nitrogens with zero attached hydrogens (tertiary/aromatic N) is 1. The lowest BCUT2D eigenvalue weighted by Gasteiger charge is -2.10. The molecule has 3 nitrogen and oxygen atoms in total. The van der Waals surface area contributed by atoms with Crippen LogP contribution in [0.3, 0.4) is 0 Å². The minimum Gasteiger partial charge on any atom is -0.497 e. The zero-order chi connectivity index (χ0) is 14.7. The summed E-state index contributed by atoms with van der Waals surface area (Å²) in [4.78, 5) is 4.26. The number of pyridine rings is 1. The van der Waals surface area contributed by atoms with Crippen molar-refractivity contribution in [3.05, 3.63) is 66.1 Å². The van der Waals surface area contributed by atoms with E-state index in [1.54, 1.807) is 19.4 Å². The molecule has 21 heavy (non-hydrogen) atoms. The van der Waals surface area contributed by atoms with Gasteiger partial charge in [0.05, 0.1) is 18.3 Å². The summed E-state index contributed by atoms with van der Waals surface area (Å²) in [6, 6.07) is 14.6. The quantitative estimate of drug-likeness (QED) is 0.785.